The van der Waals surface area contributed by atoms with Crippen LogP contribution in [-0.2, 0) is 10.0 Å². The first kappa shape index (κ1) is 22.4. The van der Waals surface area contributed by atoms with Gasteiger partial charge in [0.15, 0.2) is 0 Å². The Bertz CT molecular complexity index is 1300. The number of nitrogens with one attached hydrogen (secondary N) is 2. The molecule has 1 unspecified atom stereocenters. The first-order valence-electron chi connectivity index (χ1n) is 9.88. The Hall–Kier alpha value is -2.82. The summed E-state index contributed by atoms with van der Waals surface area (Å²) in [5.74, 6) is -0.343. The number of benzene rings is 2. The van der Waals surface area contributed by atoms with Gasteiger partial charge in [-0.1, -0.05) is 37.6 Å². The normalized spacial score (nSPS) is 17.4. The molecule has 3 aromatic rings. The van der Waals surface area contributed by atoms with Crippen molar-refractivity contribution >= 4 is 21.6 Å². The number of aromatic amines is 1. The molecule has 0 amide bonds. The van der Waals surface area contributed by atoms with Gasteiger partial charge in [0, 0.05) is 28.5 Å². The number of H-pyrrole nitrogens is 1. The molecule has 0 radical (unpaired) electrons. The van der Waals surface area contributed by atoms with E-state index in [4.69, 9.17) is 25.5 Å². The quantitative estimate of drug-likeness (QED) is 0.532. The van der Waals surface area contributed by atoms with Crippen LogP contribution in [0.3, 0.4) is 0 Å². The molecule has 2 N–H and O–H groups in total. The van der Waals surface area contributed by atoms with Crippen molar-refractivity contribution in [2.24, 2.45) is 0 Å². The van der Waals surface area contributed by atoms with Crippen LogP contribution in [0, 0.1) is 0 Å². The van der Waals surface area contributed by atoms with Crippen LogP contribution in [-0.4, -0.2) is 32.3 Å². The first-order valence-corrected chi connectivity index (χ1v) is 11.7. The van der Waals surface area contributed by atoms with E-state index in [0.717, 1.165) is 16.9 Å². The zero-order valence-corrected chi connectivity index (χ0v) is 19.2. The largest absolute Gasteiger partial charge is 0.495 e. The third kappa shape index (κ3) is 4.13. The SMILES string of the molecule is COc1cc(Cl)ccc1S(=O)(=O)N[C@H](c1n[nH]c(=O)o1)[C@@H](C)c1cccc2c1C(C)CO2. The van der Waals surface area contributed by atoms with Gasteiger partial charge in [0.25, 0.3) is 0 Å². The van der Waals surface area contributed by atoms with Crippen LogP contribution in [0.5, 0.6) is 11.5 Å². The van der Waals surface area contributed by atoms with E-state index in [9.17, 15) is 13.2 Å². The molecule has 0 saturated carbocycles. The van der Waals surface area contributed by atoms with Gasteiger partial charge in [-0.2, -0.15) is 4.72 Å². The number of nitrogens with zero attached hydrogens (tertiary/aromatic N) is 1. The summed E-state index contributed by atoms with van der Waals surface area (Å²) in [5, 5.41) is 6.42. The molecule has 170 valence electrons. The van der Waals surface area contributed by atoms with Gasteiger partial charge in [-0.05, 0) is 23.8 Å². The summed E-state index contributed by atoms with van der Waals surface area (Å²) in [7, 11) is -2.77. The number of sulfonamides is 1. The van der Waals surface area contributed by atoms with Crippen molar-refractivity contribution in [1.82, 2.24) is 14.9 Å². The maximum Gasteiger partial charge on any atom is 0.434 e. The molecule has 1 aliphatic rings. The number of aromatic nitrogens is 2. The van der Waals surface area contributed by atoms with Gasteiger partial charge in [0.2, 0.25) is 15.9 Å². The van der Waals surface area contributed by atoms with E-state index in [0.29, 0.717) is 11.6 Å². The molecule has 2 aromatic carbocycles. The zero-order valence-electron chi connectivity index (χ0n) is 17.6. The third-order valence-electron chi connectivity index (χ3n) is 5.49. The molecule has 0 saturated heterocycles. The van der Waals surface area contributed by atoms with Crippen molar-refractivity contribution in [3.05, 3.63) is 69.0 Å². The predicted molar refractivity (Wildman–Crippen MR) is 117 cm³/mol. The van der Waals surface area contributed by atoms with Crippen LogP contribution < -0.4 is 20.0 Å². The van der Waals surface area contributed by atoms with Gasteiger partial charge in [0.1, 0.15) is 22.4 Å². The maximum atomic E-state index is 13.3. The van der Waals surface area contributed by atoms with Gasteiger partial charge in [-0.25, -0.2) is 18.3 Å². The van der Waals surface area contributed by atoms with Crippen LogP contribution >= 0.6 is 11.6 Å². The van der Waals surface area contributed by atoms with Crippen molar-refractivity contribution in [2.75, 3.05) is 13.7 Å². The molecule has 4 rings (SSSR count). The highest BCUT2D eigenvalue weighted by Gasteiger charge is 2.35. The molecule has 3 atom stereocenters. The first-order chi connectivity index (χ1) is 15.2. The van der Waals surface area contributed by atoms with Crippen molar-refractivity contribution in [1.29, 1.82) is 0 Å². The minimum Gasteiger partial charge on any atom is -0.495 e. The van der Waals surface area contributed by atoms with E-state index >= 15 is 0 Å². The second-order valence-corrected chi connectivity index (χ2v) is 9.72. The lowest BCUT2D eigenvalue weighted by atomic mass is 9.86. The average molecular weight is 480 g/mol. The number of hydrogen-bond acceptors (Lipinski definition) is 7. The number of methoxy groups -OCH3 is 1. The van der Waals surface area contributed by atoms with Gasteiger partial charge in [0.05, 0.1) is 13.7 Å². The lowest BCUT2D eigenvalue weighted by molar-refractivity contribution is 0.337. The van der Waals surface area contributed by atoms with Crippen LogP contribution in [0.15, 0.2) is 50.5 Å². The molecule has 0 spiro atoms. The highest BCUT2D eigenvalue weighted by molar-refractivity contribution is 7.89. The molecule has 2 heterocycles. The summed E-state index contributed by atoms with van der Waals surface area (Å²) >= 11 is 5.98. The Morgan fingerprint density at radius 3 is 2.78 bits per heavy atom. The summed E-state index contributed by atoms with van der Waals surface area (Å²) in [6.45, 7) is 4.41. The summed E-state index contributed by atoms with van der Waals surface area (Å²) in [6, 6.07) is 8.85. The highest BCUT2D eigenvalue weighted by Crippen LogP contribution is 2.42. The second kappa shape index (κ2) is 8.61. The van der Waals surface area contributed by atoms with Crippen molar-refractivity contribution in [2.45, 2.75) is 36.6 Å². The van der Waals surface area contributed by atoms with Gasteiger partial charge >= 0.3 is 5.76 Å². The molecular weight excluding hydrogens is 458 g/mol. The maximum absolute atomic E-state index is 13.3. The van der Waals surface area contributed by atoms with E-state index < -0.39 is 27.7 Å². The Morgan fingerprint density at radius 1 is 1.31 bits per heavy atom. The average Bonchev–Trinajstić information content (AvgIpc) is 3.37. The molecule has 0 bridgehead atoms. The molecule has 32 heavy (non-hydrogen) atoms. The third-order valence-corrected chi connectivity index (χ3v) is 7.21. The van der Waals surface area contributed by atoms with Gasteiger partial charge < -0.3 is 13.9 Å². The van der Waals surface area contributed by atoms with Crippen LogP contribution in [0.2, 0.25) is 5.02 Å². The molecule has 1 aromatic heterocycles. The molecule has 0 aliphatic carbocycles. The van der Waals surface area contributed by atoms with Gasteiger partial charge in [-0.3, -0.25) is 0 Å². The van der Waals surface area contributed by atoms with E-state index in [-0.39, 0.29) is 22.5 Å². The van der Waals surface area contributed by atoms with Crippen molar-refractivity contribution < 1.29 is 22.3 Å². The summed E-state index contributed by atoms with van der Waals surface area (Å²) < 4.78 is 45.4. The van der Waals surface area contributed by atoms with Gasteiger partial charge in [-0.15, -0.1) is 5.10 Å². The number of fused-ring (bicyclic) bond motifs is 1. The lowest BCUT2D eigenvalue weighted by Crippen LogP contribution is -2.33. The Kier molecular flexibility index (Phi) is 6.02. The second-order valence-electron chi connectivity index (χ2n) is 7.61. The summed E-state index contributed by atoms with van der Waals surface area (Å²) in [6.07, 6.45) is 0. The fourth-order valence-electron chi connectivity index (χ4n) is 3.92. The molecule has 9 nitrogen and oxygen atoms in total. The minimum atomic E-state index is -4.12. The lowest BCUT2D eigenvalue weighted by Gasteiger charge is -2.25. The Morgan fingerprint density at radius 2 is 2.09 bits per heavy atom. The van der Waals surface area contributed by atoms with Crippen LogP contribution in [0.1, 0.15) is 48.7 Å². The standard InChI is InChI=1S/C21H22ClN3O6S/c1-11-10-30-15-6-4-5-14(18(11)15)12(2)19(20-23-24-21(26)31-20)25-32(27,28)17-8-7-13(22)9-16(17)29-3/h4-9,11-12,19,25H,10H2,1-3H3,(H,24,26)/t11?,12-,19-/m0/s1. The minimum absolute atomic E-state index is 0.0804. The van der Waals surface area contributed by atoms with Crippen LogP contribution in [0.25, 0.3) is 0 Å². The summed E-state index contributed by atoms with van der Waals surface area (Å²) in [5.41, 5.74) is 1.86. The van der Waals surface area contributed by atoms with Crippen molar-refractivity contribution in [3.63, 3.8) is 0 Å². The fraction of sp³-hybridized carbons (Fsp3) is 0.333. The number of halogens is 1. The van der Waals surface area contributed by atoms with E-state index in [2.05, 4.69) is 14.9 Å². The van der Waals surface area contributed by atoms with Crippen LogP contribution in [0.4, 0.5) is 0 Å². The summed E-state index contributed by atoms with van der Waals surface area (Å²) in [4.78, 5) is 11.5. The topological polar surface area (TPSA) is 124 Å². The van der Waals surface area contributed by atoms with E-state index in [1.165, 1.54) is 25.3 Å². The zero-order chi connectivity index (χ0) is 23.0. The molecular formula is C21H22ClN3O6S. The molecule has 11 heteroatoms. The highest BCUT2D eigenvalue weighted by atomic mass is 35.5. The Labute approximate surface area is 189 Å². The van der Waals surface area contributed by atoms with Crippen molar-refractivity contribution in [3.8, 4) is 11.5 Å². The Balaban J connectivity index is 1.78. The van der Waals surface area contributed by atoms with E-state index in [1.807, 2.05) is 32.0 Å². The monoisotopic (exact) mass is 479 g/mol. The molecule has 0 fully saturated rings. The number of rotatable bonds is 7. The molecule has 1 aliphatic heterocycles. The van der Waals surface area contributed by atoms with E-state index in [1.54, 1.807) is 0 Å². The smallest absolute Gasteiger partial charge is 0.434 e. The number of hydrogen-bond donors (Lipinski definition) is 2. The number of ether oxygens (including phenoxy) is 2. The fourth-order valence-corrected chi connectivity index (χ4v) is 5.51. The predicted octanol–water partition coefficient (Wildman–Crippen LogP) is 3.34.